The molecule has 0 radical (unpaired) electrons. The van der Waals surface area contributed by atoms with Crippen molar-refractivity contribution in [2.24, 2.45) is 0 Å². The Balaban J connectivity index is 1.90. The van der Waals surface area contributed by atoms with Crippen LogP contribution in [0.3, 0.4) is 0 Å². The number of anilines is 1. The number of hydrogen-bond acceptors (Lipinski definition) is 4. The van der Waals surface area contributed by atoms with Crippen LogP contribution in [0, 0.1) is 5.82 Å². The third kappa shape index (κ3) is 4.80. The second kappa shape index (κ2) is 9.55. The lowest BCUT2D eigenvalue weighted by molar-refractivity contribution is -0.140. The molecule has 0 amide bonds. The maximum Gasteiger partial charge on any atom is 0.419 e. The zero-order valence-corrected chi connectivity index (χ0v) is 20.3. The lowest BCUT2D eigenvalue weighted by Crippen LogP contribution is -2.31. The minimum Gasteiger partial charge on any atom is -0.478 e. The van der Waals surface area contributed by atoms with Crippen molar-refractivity contribution in [3.8, 4) is 0 Å². The van der Waals surface area contributed by atoms with Gasteiger partial charge in [0, 0.05) is 4.70 Å². The minimum absolute atomic E-state index is 0.0611. The van der Waals surface area contributed by atoms with Gasteiger partial charge in [-0.05, 0) is 65.4 Å². The number of fused-ring (bicyclic) bond motifs is 1. The van der Waals surface area contributed by atoms with Gasteiger partial charge in [0.15, 0.2) is 0 Å². The van der Waals surface area contributed by atoms with Crippen LogP contribution in [0.25, 0.3) is 10.1 Å². The molecule has 0 saturated carbocycles. The van der Waals surface area contributed by atoms with E-state index >= 15 is 0 Å². The first kappa shape index (κ1) is 25.6. The number of thiophene rings is 1. The predicted molar refractivity (Wildman–Crippen MR) is 129 cm³/mol. The summed E-state index contributed by atoms with van der Waals surface area (Å²) in [5.41, 5.74) is -0.978. The van der Waals surface area contributed by atoms with Crippen LogP contribution < -0.4 is 4.31 Å². The van der Waals surface area contributed by atoms with Gasteiger partial charge < -0.3 is 5.11 Å². The molecule has 188 valence electrons. The highest BCUT2D eigenvalue weighted by Gasteiger charge is 2.35. The van der Waals surface area contributed by atoms with Crippen molar-refractivity contribution in [3.63, 3.8) is 0 Å². The fourth-order valence-electron chi connectivity index (χ4n) is 3.85. The number of hydrogen-bond donors (Lipinski definition) is 1. The van der Waals surface area contributed by atoms with Gasteiger partial charge in [0.1, 0.15) is 10.8 Å². The van der Waals surface area contributed by atoms with E-state index in [2.05, 4.69) is 0 Å². The van der Waals surface area contributed by atoms with E-state index in [1.54, 1.807) is 12.1 Å². The lowest BCUT2D eigenvalue weighted by Gasteiger charge is -2.25. The number of carbonyl (C=O) groups is 1. The number of aryl methyl sites for hydroxylation is 1. The van der Waals surface area contributed by atoms with Crippen molar-refractivity contribution in [1.82, 2.24) is 0 Å². The summed E-state index contributed by atoms with van der Waals surface area (Å²) in [6.07, 6.45) is -4.51. The van der Waals surface area contributed by atoms with Gasteiger partial charge in [-0.2, -0.15) is 13.2 Å². The number of halogens is 4. The molecule has 0 atom stereocenters. The summed E-state index contributed by atoms with van der Waals surface area (Å²) in [4.78, 5) is 11.0. The van der Waals surface area contributed by atoms with E-state index in [-0.39, 0.29) is 16.0 Å². The lowest BCUT2D eigenvalue weighted by atomic mass is 10.1. The molecule has 0 aliphatic carbocycles. The molecule has 1 heterocycles. The zero-order chi connectivity index (χ0) is 26.3. The summed E-state index contributed by atoms with van der Waals surface area (Å²) in [6.45, 7) is 1.34. The molecule has 36 heavy (non-hydrogen) atoms. The summed E-state index contributed by atoms with van der Waals surface area (Å²) < 4.78 is 83.3. The zero-order valence-electron chi connectivity index (χ0n) is 18.7. The summed E-state index contributed by atoms with van der Waals surface area (Å²) in [6, 6.07) is 14.2. The molecule has 0 aliphatic rings. The molecule has 11 heteroatoms. The molecular weight excluding hydrogens is 518 g/mol. The van der Waals surface area contributed by atoms with E-state index in [1.165, 1.54) is 11.3 Å². The van der Waals surface area contributed by atoms with Crippen LogP contribution in [-0.4, -0.2) is 19.5 Å². The molecule has 0 saturated heterocycles. The molecule has 1 aromatic heterocycles. The van der Waals surface area contributed by atoms with E-state index in [9.17, 15) is 30.8 Å². The smallest absolute Gasteiger partial charge is 0.419 e. The highest BCUT2D eigenvalue weighted by Crippen LogP contribution is 2.42. The van der Waals surface area contributed by atoms with E-state index in [0.717, 1.165) is 44.7 Å². The highest BCUT2D eigenvalue weighted by atomic mass is 32.2. The monoisotopic (exact) mass is 537 g/mol. The number of carboxylic acid groups (broad SMARTS) is 1. The fourth-order valence-corrected chi connectivity index (χ4v) is 6.83. The van der Waals surface area contributed by atoms with Crippen LogP contribution in [0.1, 0.15) is 34.0 Å². The quantitative estimate of drug-likeness (QED) is 0.266. The molecule has 0 fully saturated rings. The topological polar surface area (TPSA) is 74.7 Å². The summed E-state index contributed by atoms with van der Waals surface area (Å²) in [5.74, 6) is -2.69. The third-order valence-corrected chi connectivity index (χ3v) is 8.72. The Morgan fingerprint density at radius 3 is 2.31 bits per heavy atom. The van der Waals surface area contributed by atoms with E-state index in [0.29, 0.717) is 29.1 Å². The molecule has 4 aromatic rings. The number of aromatic carboxylic acids is 1. The van der Waals surface area contributed by atoms with Crippen LogP contribution in [0.15, 0.2) is 71.6 Å². The Kier molecular flexibility index (Phi) is 6.80. The summed E-state index contributed by atoms with van der Waals surface area (Å²) in [7, 11) is -4.36. The maximum atomic E-state index is 13.9. The van der Waals surface area contributed by atoms with Gasteiger partial charge in [-0.1, -0.05) is 31.2 Å². The Hall–Kier alpha value is -3.44. The summed E-state index contributed by atoms with van der Waals surface area (Å²) >= 11 is 1.17. The molecule has 1 N–H and O–H groups in total. The predicted octanol–water partition coefficient (Wildman–Crippen LogP) is 6.72. The molecule has 0 unspecified atom stereocenters. The number of rotatable bonds is 7. The third-order valence-electron chi connectivity index (χ3n) is 5.61. The van der Waals surface area contributed by atoms with Crippen molar-refractivity contribution in [1.29, 1.82) is 0 Å². The summed E-state index contributed by atoms with van der Waals surface area (Å²) in [5, 5.41) is 10.3. The van der Waals surface area contributed by atoms with Gasteiger partial charge in [-0.15, -0.1) is 11.3 Å². The highest BCUT2D eigenvalue weighted by molar-refractivity contribution is 7.93. The second-order valence-electron chi connectivity index (χ2n) is 7.89. The number of carboxylic acids is 1. The van der Waals surface area contributed by atoms with Gasteiger partial charge >= 0.3 is 12.1 Å². The number of nitrogens with zero attached hydrogens (tertiary/aromatic N) is 1. The molecule has 0 spiro atoms. The van der Waals surface area contributed by atoms with E-state index < -0.39 is 40.1 Å². The normalized spacial score (nSPS) is 12.1. The van der Waals surface area contributed by atoms with Crippen LogP contribution in [-0.2, 0) is 29.2 Å². The standard InChI is InChI=1S/C25H19F4NO4S2/c1-2-18-19-5-3-4-6-22(19)35-23(18)30(14-15-7-12-21(26)20(13-15)25(27,28)29)36(33,34)17-10-8-16(9-11-17)24(31)32/h3-13H,2,14H2,1H3,(H,31,32). The SMILES string of the molecule is CCc1c(N(Cc2ccc(F)c(C(F)(F)F)c2)S(=O)(=O)c2ccc(C(=O)O)cc2)sc2ccccc12. The number of sulfonamides is 1. The average Bonchev–Trinajstić information content (AvgIpc) is 3.20. The second-order valence-corrected chi connectivity index (χ2v) is 10.8. The largest absolute Gasteiger partial charge is 0.478 e. The van der Waals surface area contributed by atoms with Crippen LogP contribution in [0.4, 0.5) is 22.6 Å². The Morgan fingerprint density at radius 1 is 1.03 bits per heavy atom. The molecule has 5 nitrogen and oxygen atoms in total. The van der Waals surface area contributed by atoms with Gasteiger partial charge in [0.25, 0.3) is 10.0 Å². The molecule has 4 rings (SSSR count). The minimum atomic E-state index is -4.96. The maximum absolute atomic E-state index is 13.9. The van der Waals surface area contributed by atoms with Gasteiger partial charge in [-0.25, -0.2) is 17.6 Å². The van der Waals surface area contributed by atoms with Crippen molar-refractivity contribution < 1.29 is 35.9 Å². The van der Waals surface area contributed by atoms with Gasteiger partial charge in [-0.3, -0.25) is 4.31 Å². The van der Waals surface area contributed by atoms with Crippen LogP contribution in [0.5, 0.6) is 0 Å². The average molecular weight is 538 g/mol. The molecule has 0 aliphatic heterocycles. The fraction of sp³-hybridized carbons (Fsp3) is 0.160. The molecule has 0 bridgehead atoms. The van der Waals surface area contributed by atoms with Gasteiger partial charge in [0.2, 0.25) is 0 Å². The van der Waals surface area contributed by atoms with E-state index in [1.807, 2.05) is 19.1 Å². The van der Waals surface area contributed by atoms with Crippen molar-refractivity contribution in [2.45, 2.75) is 31.0 Å². The first-order valence-electron chi connectivity index (χ1n) is 10.7. The van der Waals surface area contributed by atoms with Gasteiger partial charge in [0.05, 0.1) is 22.6 Å². The first-order valence-corrected chi connectivity index (χ1v) is 12.9. The Bertz CT molecular complexity index is 1540. The van der Waals surface area contributed by atoms with Crippen LogP contribution >= 0.6 is 11.3 Å². The van der Waals surface area contributed by atoms with Crippen LogP contribution in [0.2, 0.25) is 0 Å². The number of benzene rings is 3. The van der Waals surface area contributed by atoms with Crippen molar-refractivity contribution >= 4 is 42.4 Å². The van der Waals surface area contributed by atoms with E-state index in [4.69, 9.17) is 5.11 Å². The van der Waals surface area contributed by atoms with Crippen molar-refractivity contribution in [2.75, 3.05) is 4.31 Å². The molecular formula is C25H19F4NO4S2. The Morgan fingerprint density at radius 2 is 1.69 bits per heavy atom. The molecule has 3 aromatic carbocycles. The van der Waals surface area contributed by atoms with Crippen molar-refractivity contribution in [3.05, 3.63) is 94.8 Å². The first-order chi connectivity index (χ1) is 16.9. The Labute approximate surface area is 208 Å². The number of alkyl halides is 3.